The molecule has 0 fully saturated rings. The summed E-state index contributed by atoms with van der Waals surface area (Å²) < 4.78 is 10.1. The average molecular weight is 809 g/mol. The largest absolute Gasteiger partial charge is 0.469 e. The van der Waals surface area contributed by atoms with Crippen molar-refractivity contribution in [2.24, 2.45) is 5.73 Å². The number of likely N-dealkylation sites (N-methyl/N-ethyl adjacent to an activating group) is 1. The molecule has 0 radical (unpaired) electrons. The molecule has 3 atom stereocenters. The Hall–Kier alpha value is -6.30. The number of nitrogens with one attached hydrogen (secondary N) is 2. The summed E-state index contributed by atoms with van der Waals surface area (Å²) in [6, 6.07) is 11.5. The molecule has 0 saturated heterocycles. The number of aromatic amines is 2. The summed E-state index contributed by atoms with van der Waals surface area (Å²) in [5, 5.41) is 0. The second-order valence-electron chi connectivity index (χ2n) is 16.6. The summed E-state index contributed by atoms with van der Waals surface area (Å²) in [5.41, 5.74) is 20.5. The van der Waals surface area contributed by atoms with Gasteiger partial charge in [-0.1, -0.05) is 20.8 Å². The summed E-state index contributed by atoms with van der Waals surface area (Å²) in [6.07, 6.45) is 5.24. The molecule has 1 amide bonds. The summed E-state index contributed by atoms with van der Waals surface area (Å²) in [4.78, 5) is 72.0. The molecule has 0 spiro atoms. The monoisotopic (exact) mass is 808 g/mol. The normalized spacial score (nSPS) is 20.1. The molecule has 3 unspecified atom stereocenters. The van der Waals surface area contributed by atoms with Crippen LogP contribution in [0.3, 0.4) is 0 Å². The molecule has 4 aliphatic rings. The molecule has 0 saturated carbocycles. The number of nitrogens with two attached hydrogens (primary N) is 1. The van der Waals surface area contributed by atoms with Gasteiger partial charge in [0.25, 0.3) is 0 Å². The van der Waals surface area contributed by atoms with E-state index < -0.39 is 22.8 Å². The Balaban J connectivity index is 1.60. The number of hydrogen-bond donors (Lipinski definition) is 3. The number of rotatable bonds is 10. The smallest absolute Gasteiger partial charge is 0.305 e. The maximum absolute atomic E-state index is 13.8. The van der Waals surface area contributed by atoms with Crippen LogP contribution in [0.1, 0.15) is 120 Å². The molecule has 3 aromatic heterocycles. The molecule has 1 aliphatic carbocycles. The molecule has 6 heterocycles. The lowest BCUT2D eigenvalue weighted by Gasteiger charge is -2.58. The fourth-order valence-electron chi connectivity index (χ4n) is 10.8. The Kier molecular flexibility index (Phi) is 9.96. The van der Waals surface area contributed by atoms with Gasteiger partial charge in [-0.2, -0.15) is 0 Å². The Labute approximate surface area is 349 Å². The predicted octanol–water partition coefficient (Wildman–Crippen LogP) is 7.65. The molecule has 8 rings (SSSR count). The Morgan fingerprint density at radius 2 is 1.50 bits per heavy atom. The Morgan fingerprint density at radius 1 is 0.883 bits per heavy atom. The van der Waals surface area contributed by atoms with E-state index in [1.807, 2.05) is 45.2 Å². The zero-order valence-corrected chi connectivity index (χ0v) is 35.8. The number of benzene rings is 1. The number of anilines is 1. The van der Waals surface area contributed by atoms with Crippen molar-refractivity contribution in [3.8, 4) is 0 Å². The van der Waals surface area contributed by atoms with Crippen molar-refractivity contribution >= 4 is 69.1 Å². The number of hydrogen-bond acceptors (Lipinski definition) is 9. The number of amides is 1. The fraction of sp³-hybridized carbons (Fsp3) is 0.375. The van der Waals surface area contributed by atoms with Crippen LogP contribution in [0.25, 0.3) is 39.3 Å². The highest BCUT2D eigenvalue weighted by molar-refractivity contribution is 6.04. The molecule has 8 bridgehead atoms. The lowest BCUT2D eigenvalue weighted by Crippen LogP contribution is -2.64. The highest BCUT2D eigenvalue weighted by Gasteiger charge is 2.66. The summed E-state index contributed by atoms with van der Waals surface area (Å²) in [5.74, 6) is -1.15. The van der Waals surface area contributed by atoms with E-state index in [9.17, 15) is 19.2 Å². The highest BCUT2D eigenvalue weighted by atomic mass is 16.5. The van der Waals surface area contributed by atoms with Crippen molar-refractivity contribution in [1.29, 1.82) is 0 Å². The quantitative estimate of drug-likeness (QED) is 0.107. The van der Waals surface area contributed by atoms with Crippen LogP contribution in [-0.4, -0.2) is 71.4 Å². The van der Waals surface area contributed by atoms with Gasteiger partial charge in [0.2, 0.25) is 5.91 Å². The number of carbonyl (C=O) groups excluding carboxylic acids is 4. The van der Waals surface area contributed by atoms with Gasteiger partial charge in [-0.05, 0) is 128 Å². The Morgan fingerprint density at radius 3 is 2.05 bits per heavy atom. The van der Waals surface area contributed by atoms with Gasteiger partial charge in [0, 0.05) is 64.3 Å². The van der Waals surface area contributed by atoms with Crippen LogP contribution in [-0.2, 0) is 47.5 Å². The van der Waals surface area contributed by atoms with Gasteiger partial charge in [-0.25, -0.2) is 4.98 Å². The molecular formula is C48H52N6O6. The van der Waals surface area contributed by atoms with Gasteiger partial charge in [0.15, 0.2) is 0 Å². The second kappa shape index (κ2) is 14.8. The number of H-pyrrole nitrogens is 2. The van der Waals surface area contributed by atoms with Gasteiger partial charge < -0.3 is 30.1 Å². The number of fused-ring (bicyclic) bond motifs is 11. The van der Waals surface area contributed by atoms with Crippen molar-refractivity contribution < 1.29 is 28.7 Å². The van der Waals surface area contributed by atoms with Crippen LogP contribution in [0.15, 0.2) is 42.0 Å². The van der Waals surface area contributed by atoms with Gasteiger partial charge in [-0.3, -0.25) is 24.2 Å². The predicted molar refractivity (Wildman–Crippen MR) is 234 cm³/mol. The van der Waals surface area contributed by atoms with Gasteiger partial charge in [0.1, 0.15) is 6.29 Å². The number of ether oxygens (including phenoxy) is 2. The Bertz CT molecular complexity index is 2790. The molecule has 1 aromatic carbocycles. The van der Waals surface area contributed by atoms with Crippen LogP contribution >= 0.6 is 0 Å². The summed E-state index contributed by atoms with van der Waals surface area (Å²) in [7, 11) is 4.77. The minimum atomic E-state index is -0.858. The second-order valence-corrected chi connectivity index (χ2v) is 16.6. The molecule has 60 heavy (non-hydrogen) atoms. The highest BCUT2D eigenvalue weighted by Crippen LogP contribution is 2.64. The summed E-state index contributed by atoms with van der Waals surface area (Å²) >= 11 is 0. The molecule has 4 aromatic rings. The van der Waals surface area contributed by atoms with Crippen LogP contribution in [0.4, 0.5) is 5.69 Å². The molecule has 12 heteroatoms. The third kappa shape index (κ3) is 5.70. The first-order chi connectivity index (χ1) is 28.7. The van der Waals surface area contributed by atoms with E-state index in [0.717, 1.165) is 101 Å². The third-order valence-corrected chi connectivity index (χ3v) is 14.0. The minimum absolute atomic E-state index is 0.169. The van der Waals surface area contributed by atoms with Crippen LogP contribution in [0.2, 0.25) is 0 Å². The number of aromatic nitrogens is 4. The van der Waals surface area contributed by atoms with E-state index in [-0.39, 0.29) is 24.8 Å². The molecule has 12 nitrogen and oxygen atoms in total. The topological polar surface area (TPSA) is 173 Å². The lowest BCUT2D eigenvalue weighted by atomic mass is 9.50. The van der Waals surface area contributed by atoms with Crippen molar-refractivity contribution in [2.45, 2.75) is 96.9 Å². The number of carbonyl (C=O) groups is 4. The number of esters is 2. The third-order valence-electron chi connectivity index (χ3n) is 14.0. The van der Waals surface area contributed by atoms with E-state index in [2.05, 4.69) is 60.8 Å². The molecule has 4 N–H and O–H groups in total. The molecule has 310 valence electrons. The average Bonchev–Trinajstić information content (AvgIpc) is 3.90. The minimum Gasteiger partial charge on any atom is -0.469 e. The number of aldehydes is 1. The zero-order valence-electron chi connectivity index (χ0n) is 35.8. The van der Waals surface area contributed by atoms with Crippen LogP contribution in [0, 0.1) is 13.8 Å². The maximum Gasteiger partial charge on any atom is 0.305 e. The number of methoxy groups -OCH3 is 2. The van der Waals surface area contributed by atoms with Gasteiger partial charge in [0.05, 0.1) is 53.9 Å². The van der Waals surface area contributed by atoms with E-state index >= 15 is 0 Å². The van der Waals surface area contributed by atoms with Crippen LogP contribution in [0.5, 0.6) is 0 Å². The SMILES string of the molecule is CCC1=C(C)c2cc3[nH]c(cc4[nH]c(cc5nc6c(c1n2)C=C(C(N)=O)C1N(C)c2ccc(C=O)cc2C5(CC)C61C)c(C)c4CCC(=O)OC)c(CCC(=O)OC)c3C. The van der Waals surface area contributed by atoms with Gasteiger partial charge in [-0.15, -0.1) is 0 Å². The summed E-state index contributed by atoms with van der Waals surface area (Å²) in [6.45, 7) is 12.6. The number of primary amides is 1. The van der Waals surface area contributed by atoms with E-state index in [1.165, 1.54) is 14.2 Å². The van der Waals surface area contributed by atoms with Gasteiger partial charge >= 0.3 is 11.9 Å². The van der Waals surface area contributed by atoms with Crippen molar-refractivity contribution in [3.63, 3.8) is 0 Å². The fourth-order valence-corrected chi connectivity index (χ4v) is 10.8. The van der Waals surface area contributed by atoms with Crippen molar-refractivity contribution in [2.75, 3.05) is 26.2 Å². The first-order valence-corrected chi connectivity index (χ1v) is 20.6. The van der Waals surface area contributed by atoms with Crippen molar-refractivity contribution in [1.82, 2.24) is 19.9 Å². The standard InChI is InChI=1S/C48H52N6O6/c1-10-28-24(3)35-20-34-25(4)29(13-16-41(56)59-8)37(50-34)21-38-30(14-17-42(57)60-9)26(5)36(51-38)22-40-48(11-2)33-18-27(23-55)12-15-39(33)54(7)45-32(46(49)58)19-31(43(28)52-35)44(53-40)47(45,48)6/h12,15,18-23,45,50-51H,10-11,13-14,16-17H2,1-9H3,(H2,49,58). The van der Waals surface area contributed by atoms with E-state index in [1.54, 1.807) is 0 Å². The van der Waals surface area contributed by atoms with E-state index in [4.69, 9.17) is 25.2 Å². The molecular weight excluding hydrogens is 757 g/mol. The number of nitrogens with zero attached hydrogens (tertiary/aromatic N) is 3. The first kappa shape index (κ1) is 40.5. The van der Waals surface area contributed by atoms with Crippen LogP contribution < -0.4 is 10.6 Å². The zero-order chi connectivity index (χ0) is 43.0. The first-order valence-electron chi connectivity index (χ1n) is 20.6. The molecule has 3 aliphatic heterocycles. The van der Waals surface area contributed by atoms with E-state index in [0.29, 0.717) is 36.8 Å². The lowest BCUT2D eigenvalue weighted by molar-refractivity contribution is -0.141. The number of aryl methyl sites for hydroxylation is 4. The van der Waals surface area contributed by atoms with Crippen molar-refractivity contribution in [3.05, 3.63) is 104 Å². The maximum atomic E-state index is 13.8. The number of allylic oxidation sites excluding steroid dienone is 2.